The van der Waals surface area contributed by atoms with Gasteiger partial charge in [-0.15, -0.1) is 0 Å². The Bertz CT molecular complexity index is 981. The van der Waals surface area contributed by atoms with E-state index in [-0.39, 0.29) is 0 Å². The average molecular weight is 393 g/mol. The van der Waals surface area contributed by atoms with E-state index in [1.54, 1.807) is 24.4 Å². The van der Waals surface area contributed by atoms with E-state index in [2.05, 4.69) is 15.3 Å². The summed E-state index contributed by atoms with van der Waals surface area (Å²) in [7, 11) is 0. The first kappa shape index (κ1) is 17.7. The fourth-order valence-corrected chi connectivity index (χ4v) is 2.87. The molecule has 0 atom stereocenters. The Morgan fingerprint density at radius 2 is 2.08 bits per heavy atom. The van der Waals surface area contributed by atoms with Crippen molar-refractivity contribution >= 4 is 41.6 Å². The molecule has 25 heavy (non-hydrogen) atoms. The van der Waals surface area contributed by atoms with E-state index < -0.39 is 0 Å². The molecule has 1 N–H and O–H groups in total. The largest absolute Gasteiger partial charge is 0.493 e. The van der Waals surface area contributed by atoms with Crippen molar-refractivity contribution in [2.45, 2.75) is 6.92 Å². The van der Waals surface area contributed by atoms with Gasteiger partial charge in [-0.05, 0) is 43.4 Å². The van der Waals surface area contributed by atoms with Crippen molar-refractivity contribution in [3.05, 3.63) is 62.8 Å². The maximum atomic E-state index is 6.18. The minimum Gasteiger partial charge on any atom is -0.493 e. The summed E-state index contributed by atoms with van der Waals surface area (Å²) in [6, 6.07) is 12.8. The molecule has 5 nitrogen and oxygen atoms in total. The van der Waals surface area contributed by atoms with Gasteiger partial charge in [0.2, 0.25) is 4.77 Å². The van der Waals surface area contributed by atoms with E-state index in [4.69, 9.17) is 40.2 Å². The Morgan fingerprint density at radius 3 is 2.84 bits per heavy atom. The molecule has 1 aromatic heterocycles. The Kier molecular flexibility index (Phi) is 5.53. The van der Waals surface area contributed by atoms with Gasteiger partial charge in [0.05, 0.1) is 23.4 Å². The minimum absolute atomic E-state index is 0.364. The van der Waals surface area contributed by atoms with Crippen molar-refractivity contribution in [1.29, 1.82) is 0 Å². The molecule has 0 unspecified atom stereocenters. The van der Waals surface area contributed by atoms with Crippen LogP contribution in [0.5, 0.6) is 5.75 Å². The Labute approximate surface area is 159 Å². The van der Waals surface area contributed by atoms with Crippen molar-refractivity contribution in [2.24, 2.45) is 5.10 Å². The molecule has 0 bridgehead atoms. The number of halogens is 2. The van der Waals surface area contributed by atoms with Gasteiger partial charge in [0.15, 0.2) is 5.82 Å². The first-order valence-electron chi connectivity index (χ1n) is 7.49. The highest BCUT2D eigenvalue weighted by Crippen LogP contribution is 2.28. The highest BCUT2D eigenvalue weighted by atomic mass is 35.5. The zero-order chi connectivity index (χ0) is 17.8. The molecule has 0 saturated heterocycles. The summed E-state index contributed by atoms with van der Waals surface area (Å²) in [5, 5.41) is 12.5. The first-order valence-corrected chi connectivity index (χ1v) is 8.65. The van der Waals surface area contributed by atoms with Gasteiger partial charge in [0.25, 0.3) is 0 Å². The minimum atomic E-state index is 0.364. The van der Waals surface area contributed by atoms with Gasteiger partial charge >= 0.3 is 0 Å². The molecule has 3 aromatic rings. The van der Waals surface area contributed by atoms with Gasteiger partial charge in [0.1, 0.15) is 5.75 Å². The normalized spacial score (nSPS) is 11.2. The summed E-state index contributed by atoms with van der Waals surface area (Å²) in [4.78, 5) is 0. The predicted molar refractivity (Wildman–Crippen MR) is 103 cm³/mol. The van der Waals surface area contributed by atoms with Crippen molar-refractivity contribution in [2.75, 3.05) is 6.61 Å². The van der Waals surface area contributed by atoms with Crippen LogP contribution in [0.15, 0.2) is 47.6 Å². The summed E-state index contributed by atoms with van der Waals surface area (Å²) in [6.07, 6.45) is 1.61. The summed E-state index contributed by atoms with van der Waals surface area (Å²) in [6.45, 7) is 2.47. The monoisotopic (exact) mass is 392 g/mol. The summed E-state index contributed by atoms with van der Waals surface area (Å²) in [5.74, 6) is 1.26. The maximum Gasteiger partial charge on any atom is 0.216 e. The smallest absolute Gasteiger partial charge is 0.216 e. The zero-order valence-corrected chi connectivity index (χ0v) is 15.6. The third kappa shape index (κ3) is 3.92. The zero-order valence-electron chi connectivity index (χ0n) is 13.2. The van der Waals surface area contributed by atoms with Crippen LogP contribution in [0.2, 0.25) is 10.0 Å². The van der Waals surface area contributed by atoms with Crippen LogP contribution in [-0.2, 0) is 0 Å². The molecule has 0 aliphatic rings. The van der Waals surface area contributed by atoms with Gasteiger partial charge < -0.3 is 4.74 Å². The first-order chi connectivity index (χ1) is 12.1. The SMILES string of the molecule is CCOc1ccccc1-c1n[nH]c(=S)n1/N=C\c1ccc(Cl)cc1Cl. The predicted octanol–water partition coefficient (Wildman–Crippen LogP) is 5.20. The van der Waals surface area contributed by atoms with Crippen LogP contribution in [0.1, 0.15) is 12.5 Å². The number of ether oxygens (including phenoxy) is 1. The Morgan fingerprint density at radius 1 is 1.28 bits per heavy atom. The lowest BCUT2D eigenvalue weighted by Crippen LogP contribution is -1.99. The molecule has 0 aliphatic carbocycles. The molecule has 1 heterocycles. The number of hydrogen-bond donors (Lipinski definition) is 1. The molecular weight excluding hydrogens is 379 g/mol. The topological polar surface area (TPSA) is 55.2 Å². The fraction of sp³-hybridized carbons (Fsp3) is 0.118. The van der Waals surface area contributed by atoms with Crippen molar-refractivity contribution in [1.82, 2.24) is 14.9 Å². The molecule has 3 rings (SSSR count). The molecule has 128 valence electrons. The average Bonchev–Trinajstić information content (AvgIpc) is 2.96. The molecule has 0 spiro atoms. The molecule has 0 fully saturated rings. The van der Waals surface area contributed by atoms with E-state index in [0.717, 1.165) is 11.1 Å². The lowest BCUT2D eigenvalue weighted by molar-refractivity contribution is 0.341. The standard InChI is InChI=1S/C17H14Cl2N4OS/c1-2-24-15-6-4-3-5-13(15)16-21-22-17(25)23(16)20-10-11-7-8-12(18)9-14(11)19/h3-10H,2H2,1H3,(H,22,25)/b20-10-. The summed E-state index contributed by atoms with van der Waals surface area (Å²) < 4.78 is 7.55. The number of para-hydroxylation sites is 1. The molecule has 0 radical (unpaired) electrons. The van der Waals surface area contributed by atoms with Gasteiger partial charge in [0, 0.05) is 10.6 Å². The number of nitrogens with one attached hydrogen (secondary N) is 1. The number of aromatic nitrogens is 3. The summed E-state index contributed by atoms with van der Waals surface area (Å²) in [5.41, 5.74) is 1.51. The molecule has 2 aromatic carbocycles. The van der Waals surface area contributed by atoms with Gasteiger partial charge in [-0.3, -0.25) is 0 Å². The van der Waals surface area contributed by atoms with Crippen LogP contribution in [-0.4, -0.2) is 27.7 Å². The van der Waals surface area contributed by atoms with Crippen molar-refractivity contribution < 1.29 is 4.74 Å². The number of H-pyrrole nitrogens is 1. The van der Waals surface area contributed by atoms with Crippen LogP contribution in [0.25, 0.3) is 11.4 Å². The van der Waals surface area contributed by atoms with Crippen molar-refractivity contribution in [3.63, 3.8) is 0 Å². The van der Waals surface area contributed by atoms with Crippen LogP contribution >= 0.6 is 35.4 Å². The van der Waals surface area contributed by atoms with Crippen LogP contribution in [0.4, 0.5) is 0 Å². The van der Waals surface area contributed by atoms with Gasteiger partial charge in [-0.2, -0.15) is 14.9 Å². The third-order valence-electron chi connectivity index (χ3n) is 3.35. The van der Waals surface area contributed by atoms with Gasteiger partial charge in [-0.1, -0.05) is 41.4 Å². The lowest BCUT2D eigenvalue weighted by atomic mass is 10.2. The van der Waals surface area contributed by atoms with Crippen LogP contribution in [0.3, 0.4) is 0 Å². The quantitative estimate of drug-likeness (QED) is 0.479. The molecular formula is C17H14Cl2N4OS. The number of benzene rings is 2. The second-order valence-electron chi connectivity index (χ2n) is 5.00. The number of hydrogen-bond acceptors (Lipinski definition) is 4. The Hall–Kier alpha value is -2.15. The van der Waals surface area contributed by atoms with Crippen LogP contribution < -0.4 is 4.74 Å². The number of rotatable bonds is 5. The molecule has 0 amide bonds. The van der Waals surface area contributed by atoms with E-state index in [0.29, 0.717) is 33.0 Å². The van der Waals surface area contributed by atoms with E-state index in [9.17, 15) is 0 Å². The van der Waals surface area contributed by atoms with Crippen LogP contribution in [0, 0.1) is 4.77 Å². The number of nitrogens with zero attached hydrogens (tertiary/aromatic N) is 3. The second kappa shape index (κ2) is 7.82. The molecule has 0 aliphatic heterocycles. The highest BCUT2D eigenvalue weighted by molar-refractivity contribution is 7.71. The Balaban J connectivity index is 2.03. The fourth-order valence-electron chi connectivity index (χ4n) is 2.23. The van der Waals surface area contributed by atoms with E-state index >= 15 is 0 Å². The van der Waals surface area contributed by atoms with Gasteiger partial charge in [-0.25, -0.2) is 5.10 Å². The second-order valence-corrected chi connectivity index (χ2v) is 6.23. The molecule has 8 heteroatoms. The van der Waals surface area contributed by atoms with Crippen molar-refractivity contribution in [3.8, 4) is 17.1 Å². The lowest BCUT2D eigenvalue weighted by Gasteiger charge is -2.08. The van der Waals surface area contributed by atoms with E-state index in [1.807, 2.05) is 31.2 Å². The highest BCUT2D eigenvalue weighted by Gasteiger charge is 2.13. The number of aromatic amines is 1. The van der Waals surface area contributed by atoms with E-state index in [1.165, 1.54) is 4.68 Å². The molecule has 0 saturated carbocycles. The summed E-state index contributed by atoms with van der Waals surface area (Å²) >= 11 is 17.4. The third-order valence-corrected chi connectivity index (χ3v) is 4.18. The maximum absolute atomic E-state index is 6.18.